The molecule has 99 valence electrons. The van der Waals surface area contributed by atoms with Crippen molar-refractivity contribution in [2.45, 2.75) is 12.8 Å². The van der Waals surface area contributed by atoms with E-state index >= 15 is 0 Å². The van der Waals surface area contributed by atoms with Crippen LogP contribution in [-0.2, 0) is 12.8 Å². The van der Waals surface area contributed by atoms with E-state index in [-0.39, 0.29) is 0 Å². The summed E-state index contributed by atoms with van der Waals surface area (Å²) in [5.41, 5.74) is 2.37. The highest BCUT2D eigenvalue weighted by molar-refractivity contribution is 5.26. The zero-order chi connectivity index (χ0) is 13.5. The Balaban J connectivity index is 1.64. The van der Waals surface area contributed by atoms with Gasteiger partial charge in [0.15, 0.2) is 0 Å². The normalized spacial score (nSPS) is 10.5. The average molecular weight is 256 g/mol. The van der Waals surface area contributed by atoms with Crippen molar-refractivity contribution >= 4 is 0 Å². The van der Waals surface area contributed by atoms with Crippen LogP contribution in [0, 0.1) is 0 Å². The highest BCUT2D eigenvalue weighted by Gasteiger charge is 1.96. The molecule has 2 N–H and O–H groups in total. The first-order chi connectivity index (χ1) is 9.24. The molecule has 0 saturated carbocycles. The van der Waals surface area contributed by atoms with Crippen molar-refractivity contribution in [3.8, 4) is 11.5 Å². The van der Waals surface area contributed by atoms with Gasteiger partial charge in [0, 0.05) is 13.1 Å². The summed E-state index contributed by atoms with van der Waals surface area (Å²) in [6.07, 6.45) is 1.80. The molecule has 2 aromatic rings. The van der Waals surface area contributed by atoms with E-state index in [4.69, 9.17) is 0 Å². The number of rotatable bonds is 6. The lowest BCUT2D eigenvalue weighted by Crippen LogP contribution is -2.12. The molecule has 0 spiro atoms. The molecule has 0 unspecified atom stereocenters. The zero-order valence-corrected chi connectivity index (χ0v) is 10.8. The van der Waals surface area contributed by atoms with Crippen LogP contribution in [0.3, 0.4) is 0 Å². The van der Waals surface area contributed by atoms with Crippen molar-refractivity contribution in [2.24, 2.45) is 0 Å². The molecule has 19 heavy (non-hydrogen) atoms. The van der Waals surface area contributed by atoms with E-state index < -0.39 is 0 Å². The Labute approximate surface area is 113 Å². The van der Waals surface area contributed by atoms with Gasteiger partial charge in [-0.05, 0) is 48.2 Å². The minimum atomic E-state index is 0.299. The molecule has 0 aliphatic rings. The third-order valence-corrected chi connectivity index (χ3v) is 2.99. The number of hydrogen-bond donors (Lipinski definition) is 2. The van der Waals surface area contributed by atoms with Gasteiger partial charge in [-0.1, -0.05) is 24.3 Å². The second-order valence-corrected chi connectivity index (χ2v) is 4.50. The quantitative estimate of drug-likeness (QED) is 0.780. The average Bonchev–Trinajstić information content (AvgIpc) is 2.43. The van der Waals surface area contributed by atoms with E-state index in [0.717, 1.165) is 25.9 Å². The lowest BCUT2D eigenvalue weighted by Gasteiger charge is -2.04. The first kappa shape index (κ1) is 13.4. The van der Waals surface area contributed by atoms with Crippen LogP contribution in [0.15, 0.2) is 48.5 Å². The van der Waals surface area contributed by atoms with Crippen LogP contribution in [0.5, 0.6) is 11.5 Å². The van der Waals surface area contributed by atoms with Gasteiger partial charge >= 0.3 is 0 Å². The zero-order valence-electron chi connectivity index (χ0n) is 10.8. The molecule has 0 aliphatic carbocycles. The van der Waals surface area contributed by atoms with E-state index in [1.165, 1.54) is 11.1 Å². The van der Waals surface area contributed by atoms with Gasteiger partial charge in [-0.3, -0.25) is 0 Å². The second-order valence-electron chi connectivity index (χ2n) is 4.50. The van der Waals surface area contributed by atoms with Crippen molar-refractivity contribution in [3.63, 3.8) is 0 Å². The Bertz CT molecular complexity index is 444. The Hall–Kier alpha value is -2.00. The lowest BCUT2D eigenvalue weighted by atomic mass is 10.1. The van der Waals surface area contributed by atoms with Crippen LogP contribution in [0.1, 0.15) is 11.1 Å². The summed E-state index contributed by atoms with van der Waals surface area (Å²) in [5.74, 6) is 0.598. The fraction of sp³-hybridized carbons (Fsp3) is 0.250. The van der Waals surface area contributed by atoms with Gasteiger partial charge < -0.3 is 10.2 Å². The highest BCUT2D eigenvalue weighted by atomic mass is 16.3. The van der Waals surface area contributed by atoms with Gasteiger partial charge in [0.2, 0.25) is 0 Å². The van der Waals surface area contributed by atoms with Gasteiger partial charge in [-0.15, -0.1) is 0 Å². The summed E-state index contributed by atoms with van der Waals surface area (Å²) >= 11 is 0. The number of benzene rings is 2. The van der Waals surface area contributed by atoms with Gasteiger partial charge in [-0.25, -0.2) is 5.32 Å². The molecule has 0 fully saturated rings. The topological polar surface area (TPSA) is 54.6 Å². The summed E-state index contributed by atoms with van der Waals surface area (Å²) in [6, 6.07) is 14.5. The molecular formula is C16H18NO2. The first-order valence-corrected chi connectivity index (χ1v) is 6.43. The third kappa shape index (κ3) is 4.64. The maximum atomic E-state index is 9.17. The van der Waals surface area contributed by atoms with Crippen LogP contribution in [0.25, 0.3) is 0 Å². The largest absolute Gasteiger partial charge is 0.508 e. The van der Waals surface area contributed by atoms with Crippen molar-refractivity contribution in [1.29, 1.82) is 0 Å². The molecule has 2 rings (SSSR count). The Morgan fingerprint density at radius 1 is 0.632 bits per heavy atom. The Kier molecular flexibility index (Phi) is 4.81. The molecule has 0 aliphatic heterocycles. The molecule has 1 radical (unpaired) electrons. The Morgan fingerprint density at radius 2 is 1.00 bits per heavy atom. The van der Waals surface area contributed by atoms with Crippen molar-refractivity contribution in [3.05, 3.63) is 59.7 Å². The van der Waals surface area contributed by atoms with Crippen LogP contribution < -0.4 is 5.32 Å². The van der Waals surface area contributed by atoms with Crippen LogP contribution in [0.4, 0.5) is 0 Å². The van der Waals surface area contributed by atoms with E-state index in [1.54, 1.807) is 24.3 Å². The second kappa shape index (κ2) is 6.81. The van der Waals surface area contributed by atoms with E-state index in [1.807, 2.05) is 24.3 Å². The molecule has 3 nitrogen and oxygen atoms in total. The molecule has 0 bridgehead atoms. The molecular weight excluding hydrogens is 238 g/mol. The van der Waals surface area contributed by atoms with Crippen LogP contribution in [0.2, 0.25) is 0 Å². The van der Waals surface area contributed by atoms with E-state index in [0.29, 0.717) is 11.5 Å². The fourth-order valence-electron chi connectivity index (χ4n) is 1.85. The van der Waals surface area contributed by atoms with Crippen molar-refractivity contribution in [2.75, 3.05) is 13.1 Å². The van der Waals surface area contributed by atoms with Gasteiger partial charge in [0.1, 0.15) is 11.5 Å². The summed E-state index contributed by atoms with van der Waals surface area (Å²) in [6.45, 7) is 1.59. The number of aromatic hydroxyl groups is 2. The van der Waals surface area contributed by atoms with Crippen molar-refractivity contribution < 1.29 is 10.2 Å². The third-order valence-electron chi connectivity index (χ3n) is 2.99. The number of phenols is 2. The van der Waals surface area contributed by atoms with E-state index in [2.05, 4.69) is 5.32 Å². The van der Waals surface area contributed by atoms with Crippen molar-refractivity contribution in [1.82, 2.24) is 5.32 Å². The number of nitrogens with zero attached hydrogens (tertiary/aromatic N) is 1. The fourth-order valence-corrected chi connectivity index (χ4v) is 1.85. The predicted octanol–water partition coefficient (Wildman–Crippen LogP) is 2.49. The standard InChI is InChI=1S/C16H18NO2/c18-15-5-1-13(2-6-15)9-11-17-12-10-14-3-7-16(19)8-4-14/h1-8,18-19H,9-12H2. The first-order valence-electron chi connectivity index (χ1n) is 6.43. The predicted molar refractivity (Wildman–Crippen MR) is 75.5 cm³/mol. The number of hydrogen-bond acceptors (Lipinski definition) is 2. The summed E-state index contributed by atoms with van der Waals surface area (Å²) < 4.78 is 0. The summed E-state index contributed by atoms with van der Waals surface area (Å²) in [7, 11) is 0. The lowest BCUT2D eigenvalue weighted by molar-refractivity contribution is 0.474. The maximum Gasteiger partial charge on any atom is 0.115 e. The molecule has 0 saturated heterocycles. The summed E-state index contributed by atoms with van der Waals surface area (Å²) in [4.78, 5) is 0. The minimum absolute atomic E-state index is 0.299. The molecule has 0 amide bonds. The Morgan fingerprint density at radius 3 is 1.37 bits per heavy atom. The minimum Gasteiger partial charge on any atom is -0.508 e. The maximum absolute atomic E-state index is 9.17. The highest BCUT2D eigenvalue weighted by Crippen LogP contribution is 2.10. The molecule has 3 heteroatoms. The molecule has 0 atom stereocenters. The SMILES string of the molecule is Oc1ccc(CC[N]CCc2ccc(O)cc2)cc1. The molecule has 0 heterocycles. The van der Waals surface area contributed by atoms with Gasteiger partial charge in [-0.2, -0.15) is 0 Å². The molecule has 0 aromatic heterocycles. The van der Waals surface area contributed by atoms with Crippen LogP contribution in [-0.4, -0.2) is 23.3 Å². The number of phenolic OH excluding ortho intramolecular Hbond substituents is 2. The monoisotopic (exact) mass is 256 g/mol. The summed E-state index contributed by atoms with van der Waals surface area (Å²) in [5, 5.41) is 22.8. The van der Waals surface area contributed by atoms with Gasteiger partial charge in [0.25, 0.3) is 0 Å². The molecule has 2 aromatic carbocycles. The smallest absolute Gasteiger partial charge is 0.115 e. The van der Waals surface area contributed by atoms with Crippen LogP contribution >= 0.6 is 0 Å². The van der Waals surface area contributed by atoms with Gasteiger partial charge in [0.05, 0.1) is 0 Å². The van der Waals surface area contributed by atoms with E-state index in [9.17, 15) is 10.2 Å².